The van der Waals surface area contributed by atoms with Crippen LogP contribution in [-0.2, 0) is 10.5 Å². The van der Waals surface area contributed by atoms with Gasteiger partial charge in [0.1, 0.15) is 0 Å². The van der Waals surface area contributed by atoms with Crippen LogP contribution in [0.1, 0.15) is 5.56 Å². The summed E-state index contributed by atoms with van der Waals surface area (Å²) in [6, 6.07) is 16.6. The van der Waals surface area contributed by atoms with Gasteiger partial charge in [0.05, 0.1) is 23.8 Å². The number of thioether (sulfide) groups is 1. The molecule has 8 nitrogen and oxygen atoms in total. The molecule has 3 aromatic rings. The summed E-state index contributed by atoms with van der Waals surface area (Å²) < 4.78 is 7.51. The summed E-state index contributed by atoms with van der Waals surface area (Å²) in [5, 5.41) is 20.4. The maximum atomic E-state index is 10.8. The van der Waals surface area contributed by atoms with Crippen molar-refractivity contribution in [1.29, 1.82) is 0 Å². The number of nitro groups is 1. The normalized spacial score (nSPS) is 14.2. The smallest absolute Gasteiger partial charge is 0.269 e. The molecule has 1 aliphatic heterocycles. The molecule has 0 unspecified atom stereocenters. The highest BCUT2D eigenvalue weighted by molar-refractivity contribution is 7.98. The first-order valence-electron chi connectivity index (χ1n) is 8.92. The van der Waals surface area contributed by atoms with Gasteiger partial charge >= 0.3 is 0 Å². The number of benzene rings is 2. The quantitative estimate of drug-likeness (QED) is 0.358. The zero-order chi connectivity index (χ0) is 19.3. The fraction of sp³-hybridized carbons (Fsp3) is 0.263. The summed E-state index contributed by atoms with van der Waals surface area (Å²) in [4.78, 5) is 12.6. The zero-order valence-electron chi connectivity index (χ0n) is 15.1. The Morgan fingerprint density at radius 3 is 2.43 bits per heavy atom. The largest absolute Gasteiger partial charge is 0.378 e. The number of hydrogen-bond donors (Lipinski definition) is 0. The minimum Gasteiger partial charge on any atom is -0.378 e. The molecule has 0 radical (unpaired) electrons. The van der Waals surface area contributed by atoms with E-state index in [0.29, 0.717) is 19.0 Å². The molecule has 144 valence electrons. The van der Waals surface area contributed by atoms with E-state index in [1.54, 1.807) is 23.9 Å². The number of ether oxygens (including phenoxy) is 1. The summed E-state index contributed by atoms with van der Waals surface area (Å²) in [7, 11) is 0. The van der Waals surface area contributed by atoms with E-state index in [0.717, 1.165) is 35.4 Å². The first kappa shape index (κ1) is 18.5. The van der Waals surface area contributed by atoms with Gasteiger partial charge in [-0.1, -0.05) is 42.1 Å². The molecule has 2 aromatic carbocycles. The average molecular weight is 397 g/mol. The lowest BCUT2D eigenvalue weighted by molar-refractivity contribution is -0.384. The van der Waals surface area contributed by atoms with Gasteiger partial charge in [0.25, 0.3) is 5.69 Å². The zero-order valence-corrected chi connectivity index (χ0v) is 15.9. The third-order valence-corrected chi connectivity index (χ3v) is 5.44. The van der Waals surface area contributed by atoms with Gasteiger partial charge in [0, 0.05) is 31.0 Å². The van der Waals surface area contributed by atoms with E-state index in [9.17, 15) is 10.1 Å². The Morgan fingerprint density at radius 2 is 1.75 bits per heavy atom. The summed E-state index contributed by atoms with van der Waals surface area (Å²) >= 11 is 1.56. The molecule has 9 heteroatoms. The van der Waals surface area contributed by atoms with E-state index >= 15 is 0 Å². The van der Waals surface area contributed by atoms with Crippen LogP contribution in [0.5, 0.6) is 0 Å². The summed E-state index contributed by atoms with van der Waals surface area (Å²) in [5.41, 5.74) is 2.09. The summed E-state index contributed by atoms with van der Waals surface area (Å²) in [6.45, 7) is 2.90. The Kier molecular flexibility index (Phi) is 5.54. The Balaban J connectivity index is 1.59. The lowest BCUT2D eigenvalue weighted by atomic mass is 10.2. The molecule has 0 spiro atoms. The fourth-order valence-electron chi connectivity index (χ4n) is 2.99. The van der Waals surface area contributed by atoms with Crippen LogP contribution in [0.4, 0.5) is 11.6 Å². The van der Waals surface area contributed by atoms with Gasteiger partial charge in [-0.05, 0) is 17.7 Å². The number of nitro benzene ring substituents is 1. The number of non-ortho nitro benzene ring substituents is 1. The molecule has 0 amide bonds. The first-order chi connectivity index (χ1) is 13.7. The van der Waals surface area contributed by atoms with Crippen molar-refractivity contribution in [3.05, 3.63) is 70.3 Å². The number of rotatable bonds is 6. The van der Waals surface area contributed by atoms with Gasteiger partial charge in [-0.3, -0.25) is 14.7 Å². The minimum absolute atomic E-state index is 0.0933. The molecule has 0 atom stereocenters. The van der Waals surface area contributed by atoms with Gasteiger partial charge in [-0.2, -0.15) is 0 Å². The summed E-state index contributed by atoms with van der Waals surface area (Å²) in [6.07, 6.45) is 0. The van der Waals surface area contributed by atoms with Crippen molar-refractivity contribution < 1.29 is 9.66 Å². The second-order valence-corrected chi connectivity index (χ2v) is 7.21. The van der Waals surface area contributed by atoms with Crippen molar-refractivity contribution in [2.24, 2.45) is 0 Å². The van der Waals surface area contributed by atoms with Gasteiger partial charge < -0.3 is 9.64 Å². The van der Waals surface area contributed by atoms with E-state index in [4.69, 9.17) is 4.74 Å². The number of aromatic nitrogens is 3. The molecule has 2 heterocycles. The van der Waals surface area contributed by atoms with E-state index in [-0.39, 0.29) is 5.69 Å². The third kappa shape index (κ3) is 4.00. The van der Waals surface area contributed by atoms with Crippen molar-refractivity contribution in [2.75, 3.05) is 31.2 Å². The standard InChI is InChI=1S/C19H19N5O3S/c25-24(26)17-8-6-15(7-9-17)14-28-19-21-20-18(22-10-12-27-13-11-22)23(19)16-4-2-1-3-5-16/h1-9H,10-14H2. The van der Waals surface area contributed by atoms with E-state index in [2.05, 4.69) is 19.7 Å². The van der Waals surface area contributed by atoms with Crippen molar-refractivity contribution in [3.63, 3.8) is 0 Å². The average Bonchev–Trinajstić information content (AvgIpc) is 3.18. The molecular formula is C19H19N5O3S. The summed E-state index contributed by atoms with van der Waals surface area (Å²) in [5.74, 6) is 1.45. The van der Waals surface area contributed by atoms with Crippen LogP contribution < -0.4 is 4.90 Å². The number of morpholine rings is 1. The van der Waals surface area contributed by atoms with Crippen molar-refractivity contribution in [3.8, 4) is 5.69 Å². The highest BCUT2D eigenvalue weighted by Gasteiger charge is 2.21. The van der Waals surface area contributed by atoms with Crippen molar-refractivity contribution in [2.45, 2.75) is 10.9 Å². The molecule has 1 aromatic heterocycles. The number of anilines is 1. The third-order valence-electron chi connectivity index (χ3n) is 4.44. The Bertz CT molecular complexity index is 940. The monoisotopic (exact) mass is 397 g/mol. The number of para-hydroxylation sites is 1. The Morgan fingerprint density at radius 1 is 1.04 bits per heavy atom. The van der Waals surface area contributed by atoms with E-state index in [1.165, 1.54) is 12.1 Å². The predicted molar refractivity (Wildman–Crippen MR) is 107 cm³/mol. The molecule has 28 heavy (non-hydrogen) atoms. The predicted octanol–water partition coefficient (Wildman–Crippen LogP) is 3.30. The van der Waals surface area contributed by atoms with Gasteiger partial charge in [-0.25, -0.2) is 0 Å². The maximum Gasteiger partial charge on any atom is 0.269 e. The molecular weight excluding hydrogens is 378 g/mol. The second kappa shape index (κ2) is 8.41. The highest BCUT2D eigenvalue weighted by Crippen LogP contribution is 2.29. The maximum absolute atomic E-state index is 10.8. The van der Waals surface area contributed by atoms with Gasteiger partial charge in [-0.15, -0.1) is 10.2 Å². The lowest BCUT2D eigenvalue weighted by Gasteiger charge is -2.27. The van der Waals surface area contributed by atoms with Crippen molar-refractivity contribution in [1.82, 2.24) is 14.8 Å². The first-order valence-corrected chi connectivity index (χ1v) is 9.90. The van der Waals surface area contributed by atoms with E-state index in [1.807, 2.05) is 30.3 Å². The molecule has 0 bridgehead atoms. The van der Waals surface area contributed by atoms with Crippen LogP contribution in [0.3, 0.4) is 0 Å². The molecule has 1 aliphatic rings. The topological polar surface area (TPSA) is 86.3 Å². The van der Waals surface area contributed by atoms with Crippen LogP contribution in [0.2, 0.25) is 0 Å². The van der Waals surface area contributed by atoms with Crippen LogP contribution in [0.15, 0.2) is 59.8 Å². The van der Waals surface area contributed by atoms with Crippen LogP contribution >= 0.6 is 11.8 Å². The fourth-order valence-corrected chi connectivity index (χ4v) is 3.89. The number of nitrogens with zero attached hydrogens (tertiary/aromatic N) is 5. The minimum atomic E-state index is -0.391. The molecule has 0 N–H and O–H groups in total. The van der Waals surface area contributed by atoms with Gasteiger partial charge in [0.2, 0.25) is 5.95 Å². The molecule has 0 aliphatic carbocycles. The second-order valence-electron chi connectivity index (χ2n) is 6.27. The molecule has 0 saturated carbocycles. The Hall–Kier alpha value is -2.91. The van der Waals surface area contributed by atoms with Crippen LogP contribution in [-0.4, -0.2) is 46.0 Å². The van der Waals surface area contributed by atoms with Crippen molar-refractivity contribution >= 4 is 23.4 Å². The Labute approximate surface area is 166 Å². The highest BCUT2D eigenvalue weighted by atomic mass is 32.2. The molecule has 1 fully saturated rings. The number of hydrogen-bond acceptors (Lipinski definition) is 7. The van der Waals surface area contributed by atoms with Crippen LogP contribution in [0.25, 0.3) is 5.69 Å². The van der Waals surface area contributed by atoms with E-state index < -0.39 is 4.92 Å². The molecule has 4 rings (SSSR count). The molecule has 1 saturated heterocycles. The SMILES string of the molecule is O=[N+]([O-])c1ccc(CSc2nnc(N3CCOCC3)n2-c2ccccc2)cc1. The van der Waals surface area contributed by atoms with Crippen LogP contribution in [0, 0.1) is 10.1 Å². The lowest BCUT2D eigenvalue weighted by Crippen LogP contribution is -2.37. The van der Waals surface area contributed by atoms with Gasteiger partial charge in [0.15, 0.2) is 5.16 Å².